The molecule has 0 bridgehead atoms. The van der Waals surface area contributed by atoms with Crippen LogP contribution in [0.25, 0.3) is 11.0 Å². The minimum absolute atomic E-state index is 0.0175. The standard InChI is InChI=1S/C21H10F4N4O3S/c22-11-1-2-13(23)16(7-11)33(31,32)29-15-4-3-14(24)18(19(15)25)20(30)12-9-28-21-17(12)10(8-26)5-6-27-21/h1-7,9,29H,(H,27,28). The summed E-state index contributed by atoms with van der Waals surface area (Å²) >= 11 is 0. The van der Waals surface area contributed by atoms with E-state index in [4.69, 9.17) is 0 Å². The van der Waals surface area contributed by atoms with E-state index < -0.39 is 55.2 Å². The summed E-state index contributed by atoms with van der Waals surface area (Å²) in [7, 11) is -4.84. The molecule has 4 rings (SSSR count). The Kier molecular flexibility index (Phi) is 5.35. The zero-order valence-electron chi connectivity index (χ0n) is 16.2. The van der Waals surface area contributed by atoms with Gasteiger partial charge in [-0.2, -0.15) is 5.26 Å². The van der Waals surface area contributed by atoms with E-state index in [1.807, 2.05) is 6.07 Å². The number of nitriles is 1. The predicted molar refractivity (Wildman–Crippen MR) is 108 cm³/mol. The molecular weight excluding hydrogens is 464 g/mol. The van der Waals surface area contributed by atoms with Gasteiger partial charge in [-0.3, -0.25) is 9.52 Å². The largest absolute Gasteiger partial charge is 0.345 e. The van der Waals surface area contributed by atoms with E-state index >= 15 is 4.39 Å². The number of carbonyl (C=O) groups excluding carboxylic acids is 1. The van der Waals surface area contributed by atoms with Gasteiger partial charge in [-0.1, -0.05) is 0 Å². The maximum Gasteiger partial charge on any atom is 0.265 e. The van der Waals surface area contributed by atoms with Gasteiger partial charge in [0.05, 0.1) is 28.4 Å². The Morgan fingerprint density at radius 1 is 1.06 bits per heavy atom. The maximum atomic E-state index is 15.1. The first-order chi connectivity index (χ1) is 15.6. The fourth-order valence-electron chi connectivity index (χ4n) is 3.19. The third kappa shape index (κ3) is 3.79. The fraction of sp³-hybridized carbons (Fsp3) is 0. The van der Waals surface area contributed by atoms with Crippen LogP contribution in [-0.4, -0.2) is 24.2 Å². The van der Waals surface area contributed by atoms with Crippen molar-refractivity contribution in [1.82, 2.24) is 9.97 Å². The molecule has 0 amide bonds. The Morgan fingerprint density at radius 3 is 2.52 bits per heavy atom. The lowest BCUT2D eigenvalue weighted by Gasteiger charge is -2.12. The Bertz CT molecular complexity index is 1590. The average Bonchev–Trinajstić information content (AvgIpc) is 3.21. The smallest absolute Gasteiger partial charge is 0.265 e. The van der Waals surface area contributed by atoms with E-state index in [0.717, 1.165) is 6.20 Å². The van der Waals surface area contributed by atoms with E-state index in [-0.39, 0.29) is 22.2 Å². The molecule has 0 aliphatic rings. The summed E-state index contributed by atoms with van der Waals surface area (Å²) in [6, 6.07) is 6.11. The number of sulfonamides is 1. The Morgan fingerprint density at radius 2 is 1.79 bits per heavy atom. The highest BCUT2D eigenvalue weighted by Crippen LogP contribution is 2.29. The summed E-state index contributed by atoms with van der Waals surface area (Å²) in [6.07, 6.45) is 2.41. The van der Waals surface area contributed by atoms with Gasteiger partial charge < -0.3 is 4.98 Å². The maximum absolute atomic E-state index is 15.1. The van der Waals surface area contributed by atoms with Crippen LogP contribution in [-0.2, 0) is 10.0 Å². The molecule has 0 saturated carbocycles. The predicted octanol–water partition coefficient (Wildman–Crippen LogP) is 4.02. The van der Waals surface area contributed by atoms with Crippen LogP contribution >= 0.6 is 0 Å². The van der Waals surface area contributed by atoms with Crippen molar-refractivity contribution in [3.05, 3.63) is 88.8 Å². The summed E-state index contributed by atoms with van der Waals surface area (Å²) in [5.74, 6) is -6.46. The number of aromatic nitrogens is 2. The number of halogens is 4. The Labute approximate surface area is 183 Å². The highest BCUT2D eigenvalue weighted by atomic mass is 32.2. The summed E-state index contributed by atoms with van der Waals surface area (Å²) in [5, 5.41) is 9.30. The number of carbonyl (C=O) groups is 1. The molecule has 0 aliphatic heterocycles. The fourth-order valence-corrected chi connectivity index (χ4v) is 4.34. The van der Waals surface area contributed by atoms with E-state index in [1.54, 1.807) is 4.72 Å². The first-order valence-electron chi connectivity index (χ1n) is 9.01. The molecule has 2 heterocycles. The molecule has 0 spiro atoms. The van der Waals surface area contributed by atoms with Crippen molar-refractivity contribution in [2.75, 3.05) is 4.72 Å². The molecule has 4 aromatic rings. The van der Waals surface area contributed by atoms with Crippen molar-refractivity contribution in [3.63, 3.8) is 0 Å². The van der Waals surface area contributed by atoms with Gasteiger partial charge in [-0.05, 0) is 36.4 Å². The van der Waals surface area contributed by atoms with Crippen molar-refractivity contribution >= 4 is 32.5 Å². The summed E-state index contributed by atoms with van der Waals surface area (Å²) in [6.45, 7) is 0. The summed E-state index contributed by atoms with van der Waals surface area (Å²) < 4.78 is 83.6. The van der Waals surface area contributed by atoms with Crippen LogP contribution in [0.1, 0.15) is 21.5 Å². The normalized spacial score (nSPS) is 11.4. The molecule has 0 fully saturated rings. The molecule has 0 atom stereocenters. The van der Waals surface area contributed by atoms with Crippen LogP contribution in [0.2, 0.25) is 0 Å². The number of nitrogens with one attached hydrogen (secondary N) is 2. The topological polar surface area (TPSA) is 116 Å². The number of hydrogen-bond acceptors (Lipinski definition) is 5. The number of rotatable bonds is 5. The number of hydrogen-bond donors (Lipinski definition) is 2. The zero-order valence-corrected chi connectivity index (χ0v) is 17.0. The first-order valence-corrected chi connectivity index (χ1v) is 10.5. The molecule has 166 valence electrons. The van der Waals surface area contributed by atoms with Gasteiger partial charge >= 0.3 is 0 Å². The quantitative estimate of drug-likeness (QED) is 0.335. The second-order valence-electron chi connectivity index (χ2n) is 6.69. The number of fused-ring (bicyclic) bond motifs is 1. The van der Waals surface area contributed by atoms with Crippen LogP contribution in [0.5, 0.6) is 0 Å². The molecule has 2 N–H and O–H groups in total. The minimum Gasteiger partial charge on any atom is -0.345 e. The molecule has 7 nitrogen and oxygen atoms in total. The lowest BCUT2D eigenvalue weighted by Crippen LogP contribution is -2.18. The van der Waals surface area contributed by atoms with Gasteiger partial charge in [0.2, 0.25) is 5.78 Å². The average molecular weight is 474 g/mol. The van der Waals surface area contributed by atoms with E-state index in [0.29, 0.717) is 30.3 Å². The lowest BCUT2D eigenvalue weighted by molar-refractivity contribution is 0.103. The highest BCUT2D eigenvalue weighted by molar-refractivity contribution is 7.92. The van der Waals surface area contributed by atoms with Gasteiger partial charge in [0.1, 0.15) is 28.0 Å². The molecule has 0 saturated heterocycles. The highest BCUT2D eigenvalue weighted by Gasteiger charge is 2.28. The van der Waals surface area contributed by atoms with Crippen LogP contribution in [0.3, 0.4) is 0 Å². The molecule has 2 aromatic heterocycles. The van der Waals surface area contributed by atoms with Gasteiger partial charge in [0.25, 0.3) is 10.0 Å². The SMILES string of the molecule is N#Cc1ccnc2[nH]cc(C(=O)c3c(F)ccc(NS(=O)(=O)c4cc(F)ccc4F)c3F)c12. The second-order valence-corrected chi connectivity index (χ2v) is 8.34. The molecule has 0 aliphatic carbocycles. The summed E-state index contributed by atoms with van der Waals surface area (Å²) in [5.41, 5.74) is -2.13. The number of benzene rings is 2. The molecule has 33 heavy (non-hydrogen) atoms. The van der Waals surface area contributed by atoms with Crippen molar-refractivity contribution in [2.45, 2.75) is 4.90 Å². The lowest BCUT2D eigenvalue weighted by atomic mass is 10.00. The number of aromatic amines is 1. The van der Waals surface area contributed by atoms with Gasteiger partial charge in [-0.25, -0.2) is 31.0 Å². The van der Waals surface area contributed by atoms with Crippen molar-refractivity contribution < 1.29 is 30.8 Å². The van der Waals surface area contributed by atoms with Crippen LogP contribution in [0, 0.1) is 34.6 Å². The van der Waals surface area contributed by atoms with E-state index in [1.165, 1.54) is 12.3 Å². The molecular formula is C21H10F4N4O3S. The van der Waals surface area contributed by atoms with E-state index in [9.17, 15) is 31.6 Å². The van der Waals surface area contributed by atoms with Gasteiger partial charge in [0, 0.05) is 17.8 Å². The molecule has 12 heteroatoms. The Hall–Kier alpha value is -4.24. The van der Waals surface area contributed by atoms with Crippen LogP contribution < -0.4 is 4.72 Å². The Balaban J connectivity index is 1.81. The van der Waals surface area contributed by atoms with Crippen LogP contribution in [0.4, 0.5) is 23.2 Å². The zero-order chi connectivity index (χ0) is 23.9. The summed E-state index contributed by atoms with van der Waals surface area (Å²) in [4.78, 5) is 18.4. The second kappa shape index (κ2) is 8.03. The third-order valence-electron chi connectivity index (χ3n) is 4.68. The molecule has 0 radical (unpaired) electrons. The number of ketones is 1. The van der Waals surface area contributed by atoms with Crippen LogP contribution in [0.15, 0.2) is 53.7 Å². The monoisotopic (exact) mass is 474 g/mol. The number of nitrogens with zero attached hydrogens (tertiary/aromatic N) is 2. The number of anilines is 1. The van der Waals surface area contributed by atoms with Gasteiger partial charge in [0.15, 0.2) is 5.82 Å². The van der Waals surface area contributed by atoms with Gasteiger partial charge in [-0.15, -0.1) is 0 Å². The van der Waals surface area contributed by atoms with Crippen molar-refractivity contribution in [2.24, 2.45) is 0 Å². The molecule has 2 aromatic carbocycles. The molecule has 0 unspecified atom stereocenters. The number of H-pyrrole nitrogens is 1. The first kappa shape index (κ1) is 22.0. The minimum atomic E-state index is -4.84. The van der Waals surface area contributed by atoms with E-state index in [2.05, 4.69) is 9.97 Å². The van der Waals surface area contributed by atoms with Crippen molar-refractivity contribution in [3.8, 4) is 6.07 Å². The van der Waals surface area contributed by atoms with Crippen molar-refractivity contribution in [1.29, 1.82) is 5.26 Å². The number of pyridine rings is 1. The third-order valence-corrected chi connectivity index (χ3v) is 6.06.